The molecule has 2 aromatic rings. The number of rotatable bonds is 7. The van der Waals surface area contributed by atoms with Crippen molar-refractivity contribution in [3.63, 3.8) is 0 Å². The zero-order chi connectivity index (χ0) is 19.1. The minimum absolute atomic E-state index is 0.0296. The summed E-state index contributed by atoms with van der Waals surface area (Å²) in [5.41, 5.74) is 1.92. The third-order valence-electron chi connectivity index (χ3n) is 3.38. The fourth-order valence-electron chi connectivity index (χ4n) is 2.35. The molecule has 0 aliphatic rings. The molecule has 1 aromatic carbocycles. The molecule has 0 radical (unpaired) electrons. The molecule has 26 heavy (non-hydrogen) atoms. The predicted molar refractivity (Wildman–Crippen MR) is 92.8 cm³/mol. The van der Waals surface area contributed by atoms with Gasteiger partial charge in [0.25, 0.3) is 6.08 Å². The van der Waals surface area contributed by atoms with Crippen molar-refractivity contribution < 1.29 is 23.1 Å². The van der Waals surface area contributed by atoms with Crippen LogP contribution in [0.1, 0.15) is 30.8 Å². The Hall–Kier alpha value is -3.03. The van der Waals surface area contributed by atoms with Crippen LogP contribution in [-0.2, 0) is 16.1 Å². The molecule has 0 atom stereocenters. The summed E-state index contributed by atoms with van der Waals surface area (Å²) >= 11 is 0. The summed E-state index contributed by atoms with van der Waals surface area (Å²) in [7, 11) is 0. The van der Waals surface area contributed by atoms with Crippen LogP contribution in [0, 0.1) is 0 Å². The first-order valence-corrected chi connectivity index (χ1v) is 8.05. The van der Waals surface area contributed by atoms with Gasteiger partial charge in [0.05, 0.1) is 12.3 Å². The Morgan fingerprint density at radius 1 is 1.31 bits per heavy atom. The van der Waals surface area contributed by atoms with E-state index in [1.54, 1.807) is 37.3 Å². The molecule has 0 unspecified atom stereocenters. The van der Waals surface area contributed by atoms with Crippen molar-refractivity contribution in [1.82, 2.24) is 9.78 Å². The molecule has 6 nitrogen and oxygen atoms in total. The lowest BCUT2D eigenvalue weighted by Crippen LogP contribution is -2.13. The van der Waals surface area contributed by atoms with Gasteiger partial charge in [-0.25, -0.2) is 4.79 Å². The zero-order valence-electron chi connectivity index (χ0n) is 14.5. The molecular formula is C18H19F2N3O3. The molecule has 0 saturated carbocycles. The van der Waals surface area contributed by atoms with E-state index in [-0.39, 0.29) is 31.2 Å². The highest BCUT2D eigenvalue weighted by Crippen LogP contribution is 2.23. The minimum atomic E-state index is -1.78. The van der Waals surface area contributed by atoms with E-state index in [0.29, 0.717) is 16.9 Å². The standard InChI is InChI=1S/C18H19F2N3O3/c1-3-26-18(25)16-11-15(22-23(16)9-5-8-17(19)20)13-6-4-7-14(10-13)21-12(2)24/h4,6-8,10-11H,3,5,9H2,1-2H3,(H,21,24). The lowest BCUT2D eigenvalue weighted by molar-refractivity contribution is -0.114. The summed E-state index contributed by atoms with van der Waals surface area (Å²) in [4.78, 5) is 23.3. The molecule has 138 valence electrons. The van der Waals surface area contributed by atoms with Gasteiger partial charge in [0.15, 0.2) is 0 Å². The summed E-state index contributed by atoms with van der Waals surface area (Å²) in [5.74, 6) is -0.783. The number of hydrogen-bond donors (Lipinski definition) is 1. The minimum Gasteiger partial charge on any atom is -0.461 e. The van der Waals surface area contributed by atoms with E-state index >= 15 is 0 Å². The average molecular weight is 363 g/mol. The van der Waals surface area contributed by atoms with Crippen molar-refractivity contribution in [1.29, 1.82) is 0 Å². The number of hydrogen-bond acceptors (Lipinski definition) is 4. The number of esters is 1. The number of anilines is 1. The Kier molecular flexibility index (Phi) is 6.60. The summed E-state index contributed by atoms with van der Waals surface area (Å²) in [6.45, 7) is 3.38. The van der Waals surface area contributed by atoms with Crippen molar-refractivity contribution in [3.8, 4) is 11.3 Å². The van der Waals surface area contributed by atoms with Crippen LogP contribution >= 0.6 is 0 Å². The van der Waals surface area contributed by atoms with Crippen LogP contribution in [0.25, 0.3) is 11.3 Å². The monoisotopic (exact) mass is 363 g/mol. The molecule has 0 fully saturated rings. The van der Waals surface area contributed by atoms with Crippen LogP contribution in [0.15, 0.2) is 42.5 Å². The number of carbonyl (C=O) groups is 2. The molecule has 8 heteroatoms. The molecule has 2 rings (SSSR count). The SMILES string of the molecule is CCOC(=O)c1cc(-c2cccc(NC(C)=O)c2)nn1CCC=C(F)F. The fourth-order valence-corrected chi connectivity index (χ4v) is 2.35. The number of benzene rings is 1. The van der Waals surface area contributed by atoms with E-state index in [0.717, 1.165) is 6.08 Å². The predicted octanol–water partition coefficient (Wildman–Crippen LogP) is 3.86. The average Bonchev–Trinajstić information content (AvgIpc) is 2.99. The number of halogens is 2. The second-order valence-corrected chi connectivity index (χ2v) is 5.40. The Labute approximate surface area is 149 Å². The van der Waals surface area contributed by atoms with Crippen molar-refractivity contribution in [3.05, 3.63) is 48.2 Å². The largest absolute Gasteiger partial charge is 0.461 e. The van der Waals surface area contributed by atoms with Gasteiger partial charge in [0.2, 0.25) is 5.91 Å². The first-order valence-electron chi connectivity index (χ1n) is 8.05. The molecule has 0 aliphatic carbocycles. The summed E-state index contributed by atoms with van der Waals surface area (Å²) in [5, 5.41) is 7.00. The van der Waals surface area contributed by atoms with Gasteiger partial charge in [0.1, 0.15) is 5.69 Å². The number of amides is 1. The van der Waals surface area contributed by atoms with E-state index in [2.05, 4.69) is 10.4 Å². The topological polar surface area (TPSA) is 73.2 Å². The van der Waals surface area contributed by atoms with Crippen molar-refractivity contribution in [2.45, 2.75) is 26.8 Å². The number of ether oxygens (including phenoxy) is 1. The lowest BCUT2D eigenvalue weighted by Gasteiger charge is -2.05. The molecule has 0 saturated heterocycles. The van der Waals surface area contributed by atoms with E-state index in [1.807, 2.05) is 0 Å². The Morgan fingerprint density at radius 3 is 2.73 bits per heavy atom. The molecular weight excluding hydrogens is 344 g/mol. The summed E-state index contributed by atoms with van der Waals surface area (Å²) in [6, 6.07) is 8.49. The Morgan fingerprint density at radius 2 is 2.08 bits per heavy atom. The van der Waals surface area contributed by atoms with Crippen LogP contribution < -0.4 is 5.32 Å². The quantitative estimate of drug-likeness (QED) is 0.758. The van der Waals surface area contributed by atoms with Crippen LogP contribution in [0.5, 0.6) is 0 Å². The second kappa shape index (κ2) is 8.89. The number of nitrogens with zero attached hydrogens (tertiary/aromatic N) is 2. The maximum absolute atomic E-state index is 12.2. The first kappa shape index (κ1) is 19.3. The van der Waals surface area contributed by atoms with Crippen LogP contribution in [-0.4, -0.2) is 28.3 Å². The summed E-state index contributed by atoms with van der Waals surface area (Å²) in [6.07, 6.45) is -0.978. The molecule has 1 N–H and O–H groups in total. The third-order valence-corrected chi connectivity index (χ3v) is 3.38. The van der Waals surface area contributed by atoms with Gasteiger partial charge in [0, 0.05) is 24.7 Å². The van der Waals surface area contributed by atoms with E-state index in [4.69, 9.17) is 4.74 Å². The van der Waals surface area contributed by atoms with Gasteiger partial charge < -0.3 is 10.1 Å². The Balaban J connectivity index is 2.35. The molecule has 1 amide bonds. The molecule has 0 aliphatic heterocycles. The molecule has 1 heterocycles. The van der Waals surface area contributed by atoms with Crippen LogP contribution in [0.3, 0.4) is 0 Å². The highest BCUT2D eigenvalue weighted by molar-refractivity contribution is 5.90. The summed E-state index contributed by atoms with van der Waals surface area (Å²) < 4.78 is 30.8. The van der Waals surface area contributed by atoms with Gasteiger partial charge in [-0.15, -0.1) is 0 Å². The van der Waals surface area contributed by atoms with Gasteiger partial charge >= 0.3 is 5.97 Å². The van der Waals surface area contributed by atoms with Crippen LogP contribution in [0.4, 0.5) is 14.5 Å². The molecule has 1 aromatic heterocycles. The highest BCUT2D eigenvalue weighted by atomic mass is 19.3. The van der Waals surface area contributed by atoms with Gasteiger partial charge in [-0.1, -0.05) is 12.1 Å². The first-order chi connectivity index (χ1) is 12.4. The molecule has 0 bridgehead atoms. The maximum Gasteiger partial charge on any atom is 0.356 e. The second-order valence-electron chi connectivity index (χ2n) is 5.40. The number of aryl methyl sites for hydroxylation is 1. The van der Waals surface area contributed by atoms with E-state index in [1.165, 1.54) is 11.6 Å². The van der Waals surface area contributed by atoms with Crippen molar-refractivity contribution in [2.75, 3.05) is 11.9 Å². The smallest absolute Gasteiger partial charge is 0.356 e. The highest BCUT2D eigenvalue weighted by Gasteiger charge is 2.17. The van der Waals surface area contributed by atoms with Gasteiger partial charge in [-0.3, -0.25) is 9.48 Å². The lowest BCUT2D eigenvalue weighted by atomic mass is 10.1. The number of carbonyl (C=O) groups excluding carboxylic acids is 2. The Bertz CT molecular complexity index is 827. The number of nitrogens with one attached hydrogen (secondary N) is 1. The molecule has 0 spiro atoms. The van der Waals surface area contributed by atoms with Crippen molar-refractivity contribution in [2.24, 2.45) is 0 Å². The zero-order valence-corrected chi connectivity index (χ0v) is 14.5. The normalized spacial score (nSPS) is 10.3. The number of allylic oxidation sites excluding steroid dienone is 1. The van der Waals surface area contributed by atoms with E-state index in [9.17, 15) is 18.4 Å². The van der Waals surface area contributed by atoms with Crippen LogP contribution in [0.2, 0.25) is 0 Å². The van der Waals surface area contributed by atoms with Gasteiger partial charge in [-0.2, -0.15) is 13.9 Å². The van der Waals surface area contributed by atoms with Gasteiger partial charge in [-0.05, 0) is 37.6 Å². The van der Waals surface area contributed by atoms with Crippen molar-refractivity contribution >= 4 is 17.6 Å². The number of aromatic nitrogens is 2. The van der Waals surface area contributed by atoms with E-state index < -0.39 is 12.0 Å². The third kappa shape index (κ3) is 5.23. The maximum atomic E-state index is 12.2. The fraction of sp³-hybridized carbons (Fsp3) is 0.278.